The van der Waals surface area contributed by atoms with Crippen molar-refractivity contribution in [3.63, 3.8) is 0 Å². The average molecular weight is 210 g/mol. The van der Waals surface area contributed by atoms with E-state index in [2.05, 4.69) is 6.92 Å². The van der Waals surface area contributed by atoms with Gasteiger partial charge in [0.05, 0.1) is 6.10 Å². The van der Waals surface area contributed by atoms with E-state index in [0.717, 1.165) is 19.3 Å². The first-order chi connectivity index (χ1) is 7.22. The van der Waals surface area contributed by atoms with Crippen LogP contribution in [-0.4, -0.2) is 17.2 Å². The molecule has 0 aromatic carbocycles. The van der Waals surface area contributed by atoms with Crippen molar-refractivity contribution >= 4 is 5.97 Å². The molecule has 0 fully saturated rings. The van der Waals surface area contributed by atoms with Gasteiger partial charge in [0.1, 0.15) is 5.76 Å². The Morgan fingerprint density at radius 3 is 2.80 bits per heavy atom. The monoisotopic (exact) mass is 210 g/mol. The zero-order chi connectivity index (χ0) is 11.1. The van der Waals surface area contributed by atoms with E-state index in [1.165, 1.54) is 18.9 Å². The van der Waals surface area contributed by atoms with Gasteiger partial charge in [-0.25, -0.2) is 4.79 Å². The van der Waals surface area contributed by atoms with Gasteiger partial charge in [0, 0.05) is 6.08 Å². The van der Waals surface area contributed by atoms with Crippen LogP contribution in [0.15, 0.2) is 24.0 Å². The van der Waals surface area contributed by atoms with Gasteiger partial charge in [0.15, 0.2) is 0 Å². The number of aliphatic hydroxyl groups excluding tert-OH is 1. The number of cyclic esters (lactones) is 1. The predicted molar refractivity (Wildman–Crippen MR) is 58.1 cm³/mol. The van der Waals surface area contributed by atoms with Crippen LogP contribution in [0, 0.1) is 0 Å². The number of hydrogen-bond donors (Lipinski definition) is 1. The Morgan fingerprint density at radius 1 is 1.40 bits per heavy atom. The molecule has 0 spiro atoms. The summed E-state index contributed by atoms with van der Waals surface area (Å²) in [5, 5.41) is 9.59. The number of allylic oxidation sites excluding steroid dienone is 1. The van der Waals surface area contributed by atoms with Crippen molar-refractivity contribution < 1.29 is 14.6 Å². The number of hydrogen-bond acceptors (Lipinski definition) is 3. The molecule has 1 aliphatic rings. The summed E-state index contributed by atoms with van der Waals surface area (Å²) < 4.78 is 4.81. The molecule has 15 heavy (non-hydrogen) atoms. The minimum atomic E-state index is -0.507. The molecule has 1 rings (SSSR count). The highest BCUT2D eigenvalue weighted by Gasteiger charge is 2.11. The summed E-state index contributed by atoms with van der Waals surface area (Å²) in [5.74, 6) is 0.0995. The smallest absolute Gasteiger partial charge is 0.336 e. The van der Waals surface area contributed by atoms with Gasteiger partial charge < -0.3 is 9.84 Å². The molecule has 84 valence electrons. The van der Waals surface area contributed by atoms with Crippen molar-refractivity contribution in [2.75, 3.05) is 0 Å². The molecule has 0 saturated heterocycles. The highest BCUT2D eigenvalue weighted by molar-refractivity contribution is 5.86. The van der Waals surface area contributed by atoms with Crippen LogP contribution in [0.3, 0.4) is 0 Å². The number of ether oxygens (including phenoxy) is 1. The lowest BCUT2D eigenvalue weighted by Gasteiger charge is -2.05. The van der Waals surface area contributed by atoms with Crippen molar-refractivity contribution in [2.45, 2.75) is 45.1 Å². The van der Waals surface area contributed by atoms with Crippen LogP contribution < -0.4 is 0 Å². The van der Waals surface area contributed by atoms with E-state index < -0.39 is 6.10 Å². The summed E-state index contributed by atoms with van der Waals surface area (Å²) in [4.78, 5) is 10.7. The largest absolute Gasteiger partial charge is 0.424 e. The van der Waals surface area contributed by atoms with Gasteiger partial charge in [-0.05, 0) is 18.6 Å². The molecule has 0 radical (unpaired) electrons. The number of unbranched alkanes of at least 4 members (excludes halogenated alkanes) is 3. The van der Waals surface area contributed by atoms with Crippen LogP contribution in [0.5, 0.6) is 0 Å². The maximum Gasteiger partial charge on any atom is 0.336 e. The molecule has 0 aliphatic carbocycles. The van der Waals surface area contributed by atoms with E-state index in [9.17, 15) is 9.90 Å². The van der Waals surface area contributed by atoms with E-state index in [-0.39, 0.29) is 5.97 Å². The first kappa shape index (κ1) is 12.0. The molecule has 0 aromatic heterocycles. The van der Waals surface area contributed by atoms with E-state index in [1.54, 1.807) is 12.2 Å². The Morgan fingerprint density at radius 2 is 2.20 bits per heavy atom. The zero-order valence-electron chi connectivity index (χ0n) is 9.11. The fourth-order valence-corrected chi connectivity index (χ4v) is 1.48. The maximum atomic E-state index is 10.7. The average Bonchev–Trinajstić information content (AvgIpc) is 2.59. The second-order valence-electron chi connectivity index (χ2n) is 3.74. The molecule has 0 amide bonds. The molecular formula is C12H18O3. The molecule has 1 aliphatic heterocycles. The fourth-order valence-electron chi connectivity index (χ4n) is 1.48. The number of carbonyl (C=O) groups excluding carboxylic acids is 1. The van der Waals surface area contributed by atoms with Gasteiger partial charge in [-0.15, -0.1) is 0 Å². The quantitative estimate of drug-likeness (QED) is 0.540. The number of rotatable bonds is 6. The third-order valence-corrected chi connectivity index (χ3v) is 2.31. The summed E-state index contributed by atoms with van der Waals surface area (Å²) in [7, 11) is 0. The molecule has 1 atom stereocenters. The molecule has 1 heterocycles. The van der Waals surface area contributed by atoms with Gasteiger partial charge >= 0.3 is 5.97 Å². The first-order valence-corrected chi connectivity index (χ1v) is 5.52. The summed E-state index contributed by atoms with van der Waals surface area (Å²) in [5.41, 5.74) is 0. The lowest BCUT2D eigenvalue weighted by molar-refractivity contribution is -0.132. The first-order valence-electron chi connectivity index (χ1n) is 5.52. The Balaban J connectivity index is 2.20. The van der Waals surface area contributed by atoms with Gasteiger partial charge in [-0.1, -0.05) is 32.6 Å². The Kier molecular flexibility index (Phi) is 5.12. The minimum absolute atomic E-state index is 0.362. The molecule has 3 heteroatoms. The normalized spacial score (nSPS) is 19.6. The van der Waals surface area contributed by atoms with Gasteiger partial charge in [-0.2, -0.15) is 0 Å². The molecule has 1 N–H and O–H groups in total. The van der Waals surface area contributed by atoms with Crippen LogP contribution in [0.25, 0.3) is 0 Å². The van der Waals surface area contributed by atoms with Gasteiger partial charge in [0.2, 0.25) is 0 Å². The SMILES string of the molecule is CCCCCCC(O)/C=C1\C=CC(=O)O1. The second kappa shape index (κ2) is 6.40. The second-order valence-corrected chi connectivity index (χ2v) is 3.74. The molecular weight excluding hydrogens is 192 g/mol. The Labute approximate surface area is 90.4 Å². The third kappa shape index (κ3) is 4.79. The highest BCUT2D eigenvalue weighted by Crippen LogP contribution is 2.13. The molecule has 0 bridgehead atoms. The van der Waals surface area contributed by atoms with Gasteiger partial charge in [-0.3, -0.25) is 0 Å². The highest BCUT2D eigenvalue weighted by atomic mass is 16.5. The van der Waals surface area contributed by atoms with Crippen molar-refractivity contribution in [3.05, 3.63) is 24.0 Å². The lowest BCUT2D eigenvalue weighted by Crippen LogP contribution is -2.04. The molecule has 0 saturated carbocycles. The third-order valence-electron chi connectivity index (χ3n) is 2.31. The van der Waals surface area contributed by atoms with Gasteiger partial charge in [0.25, 0.3) is 0 Å². The summed E-state index contributed by atoms with van der Waals surface area (Å²) in [6, 6.07) is 0. The fraction of sp³-hybridized carbons (Fsp3) is 0.583. The molecule has 1 unspecified atom stereocenters. The Bertz CT molecular complexity index is 266. The maximum absolute atomic E-state index is 10.7. The predicted octanol–water partition coefficient (Wildman–Crippen LogP) is 2.31. The molecule has 0 aromatic rings. The topological polar surface area (TPSA) is 46.5 Å². The summed E-state index contributed by atoms with van der Waals surface area (Å²) in [6.45, 7) is 2.15. The molecule has 3 nitrogen and oxygen atoms in total. The zero-order valence-corrected chi connectivity index (χ0v) is 9.11. The van der Waals surface area contributed by atoms with E-state index in [4.69, 9.17) is 4.74 Å². The van der Waals surface area contributed by atoms with E-state index >= 15 is 0 Å². The van der Waals surface area contributed by atoms with Crippen molar-refractivity contribution in [1.29, 1.82) is 0 Å². The summed E-state index contributed by atoms with van der Waals surface area (Å²) in [6.07, 6.45) is 9.31. The number of esters is 1. The van der Waals surface area contributed by atoms with Crippen LogP contribution in [0.1, 0.15) is 39.0 Å². The van der Waals surface area contributed by atoms with Crippen LogP contribution >= 0.6 is 0 Å². The van der Waals surface area contributed by atoms with Crippen molar-refractivity contribution in [3.8, 4) is 0 Å². The Hall–Kier alpha value is -1.09. The number of carbonyl (C=O) groups is 1. The number of aliphatic hydroxyl groups is 1. The minimum Gasteiger partial charge on any atom is -0.424 e. The van der Waals surface area contributed by atoms with Crippen LogP contribution in [0.4, 0.5) is 0 Å². The van der Waals surface area contributed by atoms with E-state index in [0.29, 0.717) is 5.76 Å². The lowest BCUT2D eigenvalue weighted by atomic mass is 10.1. The van der Waals surface area contributed by atoms with Crippen molar-refractivity contribution in [1.82, 2.24) is 0 Å². The van der Waals surface area contributed by atoms with Crippen LogP contribution in [-0.2, 0) is 9.53 Å². The summed E-state index contributed by atoms with van der Waals surface area (Å²) >= 11 is 0. The standard InChI is InChI=1S/C12H18O3/c1-2-3-4-5-6-10(13)9-11-7-8-12(14)15-11/h7-10,13H,2-6H2,1H3/b11-9+. The van der Waals surface area contributed by atoms with Crippen LogP contribution in [0.2, 0.25) is 0 Å². The van der Waals surface area contributed by atoms with Crippen molar-refractivity contribution in [2.24, 2.45) is 0 Å². The van der Waals surface area contributed by atoms with E-state index in [1.807, 2.05) is 0 Å².